The number of hydrogen-bond acceptors (Lipinski definition) is 4. The first-order chi connectivity index (χ1) is 10.1. The number of rotatable bonds is 7. The molecule has 0 aliphatic heterocycles. The Bertz CT molecular complexity index is 609. The van der Waals surface area contributed by atoms with E-state index in [9.17, 15) is 9.90 Å². The number of aryl methyl sites for hydroxylation is 1. The van der Waals surface area contributed by atoms with Crippen LogP contribution in [0.1, 0.15) is 10.4 Å². The standard InChI is InChI=1S/C15H19N2O4/c1-16-5-6-17(11-16)8-13(19)10-21-14-4-3-12(9-18)7-15(14)20-2/h3-7,9,11,13,19H,8,10H2,1-2H3/q+1. The molecule has 6 heteroatoms. The first-order valence-corrected chi connectivity index (χ1v) is 6.57. The number of methoxy groups -OCH3 is 1. The van der Waals surface area contributed by atoms with Crippen molar-refractivity contribution in [1.82, 2.24) is 4.57 Å². The molecule has 0 fully saturated rings. The van der Waals surface area contributed by atoms with Gasteiger partial charge in [0.1, 0.15) is 37.9 Å². The van der Waals surface area contributed by atoms with Gasteiger partial charge in [-0.1, -0.05) is 0 Å². The Morgan fingerprint density at radius 1 is 1.43 bits per heavy atom. The molecule has 0 aliphatic rings. The summed E-state index contributed by atoms with van der Waals surface area (Å²) in [5, 5.41) is 9.99. The second-order valence-electron chi connectivity index (χ2n) is 4.77. The first-order valence-electron chi connectivity index (χ1n) is 6.57. The smallest absolute Gasteiger partial charge is 0.243 e. The summed E-state index contributed by atoms with van der Waals surface area (Å²) in [6, 6.07) is 4.90. The van der Waals surface area contributed by atoms with E-state index in [4.69, 9.17) is 9.47 Å². The summed E-state index contributed by atoms with van der Waals surface area (Å²) in [6.07, 6.45) is 5.75. The monoisotopic (exact) mass is 291 g/mol. The number of imidazole rings is 1. The molecule has 6 nitrogen and oxygen atoms in total. The zero-order valence-corrected chi connectivity index (χ0v) is 12.1. The van der Waals surface area contributed by atoms with Gasteiger partial charge in [0.15, 0.2) is 11.5 Å². The number of benzene rings is 1. The van der Waals surface area contributed by atoms with E-state index in [0.29, 0.717) is 23.6 Å². The van der Waals surface area contributed by atoms with Crippen molar-refractivity contribution in [3.05, 3.63) is 42.5 Å². The summed E-state index contributed by atoms with van der Waals surface area (Å²) < 4.78 is 14.5. The summed E-state index contributed by atoms with van der Waals surface area (Å²) in [5.41, 5.74) is 0.514. The van der Waals surface area contributed by atoms with E-state index in [1.54, 1.807) is 18.2 Å². The van der Waals surface area contributed by atoms with Crippen molar-refractivity contribution >= 4 is 6.29 Å². The van der Waals surface area contributed by atoms with Gasteiger partial charge >= 0.3 is 0 Å². The number of aliphatic hydroxyl groups is 1. The fraction of sp³-hybridized carbons (Fsp3) is 0.333. The van der Waals surface area contributed by atoms with E-state index in [0.717, 1.165) is 6.29 Å². The third kappa shape index (κ3) is 4.06. The third-order valence-corrected chi connectivity index (χ3v) is 3.00. The van der Waals surface area contributed by atoms with Crippen LogP contribution in [0.15, 0.2) is 36.9 Å². The topological polar surface area (TPSA) is 64.6 Å². The Morgan fingerprint density at radius 3 is 2.86 bits per heavy atom. The third-order valence-electron chi connectivity index (χ3n) is 3.00. The highest BCUT2D eigenvalue weighted by atomic mass is 16.5. The van der Waals surface area contributed by atoms with E-state index in [1.165, 1.54) is 7.11 Å². The maximum Gasteiger partial charge on any atom is 0.243 e. The minimum atomic E-state index is -0.646. The highest BCUT2D eigenvalue weighted by Gasteiger charge is 2.12. The summed E-state index contributed by atoms with van der Waals surface area (Å²) in [6.45, 7) is 0.578. The molecule has 112 valence electrons. The van der Waals surface area contributed by atoms with Gasteiger partial charge in [0.2, 0.25) is 6.33 Å². The molecule has 0 spiro atoms. The molecule has 0 radical (unpaired) electrons. The van der Waals surface area contributed by atoms with Crippen LogP contribution < -0.4 is 14.0 Å². The maximum atomic E-state index is 10.7. The number of aliphatic hydroxyl groups excluding tert-OH is 1. The predicted molar refractivity (Wildman–Crippen MR) is 75.5 cm³/mol. The zero-order chi connectivity index (χ0) is 15.2. The zero-order valence-electron chi connectivity index (χ0n) is 12.1. The number of hydrogen-bond donors (Lipinski definition) is 1. The molecule has 1 N–H and O–H groups in total. The minimum absolute atomic E-state index is 0.138. The fourth-order valence-corrected chi connectivity index (χ4v) is 1.97. The summed E-state index contributed by atoms with van der Waals surface area (Å²) in [7, 11) is 3.42. The Hall–Kier alpha value is -2.34. The van der Waals surface area contributed by atoms with Gasteiger partial charge in [-0.2, -0.15) is 0 Å². The molecule has 21 heavy (non-hydrogen) atoms. The number of ether oxygens (including phenoxy) is 2. The Morgan fingerprint density at radius 2 is 2.24 bits per heavy atom. The summed E-state index contributed by atoms with van der Waals surface area (Å²) >= 11 is 0. The first kappa shape index (κ1) is 15.1. The van der Waals surface area contributed by atoms with Crippen molar-refractivity contribution in [2.75, 3.05) is 13.7 Å². The maximum absolute atomic E-state index is 10.7. The van der Waals surface area contributed by atoms with Gasteiger partial charge < -0.3 is 14.6 Å². The lowest BCUT2D eigenvalue weighted by Gasteiger charge is -2.13. The molecule has 1 unspecified atom stereocenters. The number of carbonyl (C=O) groups excluding carboxylic acids is 1. The number of nitrogens with zero attached hydrogens (tertiary/aromatic N) is 2. The molecular formula is C15H19N2O4+. The molecule has 1 aromatic carbocycles. The highest BCUT2D eigenvalue weighted by Crippen LogP contribution is 2.27. The van der Waals surface area contributed by atoms with Gasteiger partial charge in [0.25, 0.3) is 0 Å². The normalized spacial score (nSPS) is 12.0. The van der Waals surface area contributed by atoms with Crippen molar-refractivity contribution < 1.29 is 23.9 Å². The van der Waals surface area contributed by atoms with Gasteiger partial charge in [0, 0.05) is 5.56 Å². The fourth-order valence-electron chi connectivity index (χ4n) is 1.97. The van der Waals surface area contributed by atoms with Crippen LogP contribution in [0, 0.1) is 0 Å². The number of carbonyl (C=O) groups is 1. The van der Waals surface area contributed by atoms with E-state index < -0.39 is 6.10 Å². The molecular weight excluding hydrogens is 272 g/mol. The van der Waals surface area contributed by atoms with E-state index in [1.807, 2.05) is 34.9 Å². The molecule has 0 bridgehead atoms. The summed E-state index contributed by atoms with van der Waals surface area (Å²) in [5.74, 6) is 0.972. The molecule has 0 amide bonds. The second-order valence-corrected chi connectivity index (χ2v) is 4.77. The van der Waals surface area contributed by atoms with Gasteiger partial charge in [-0.25, -0.2) is 9.13 Å². The Kier molecular flexibility index (Phi) is 4.94. The quantitative estimate of drug-likeness (QED) is 0.598. The van der Waals surface area contributed by atoms with E-state index in [-0.39, 0.29) is 6.61 Å². The lowest BCUT2D eigenvalue weighted by molar-refractivity contribution is -0.671. The average molecular weight is 291 g/mol. The van der Waals surface area contributed by atoms with Crippen molar-refractivity contribution in [3.63, 3.8) is 0 Å². The molecule has 1 heterocycles. The van der Waals surface area contributed by atoms with Crippen LogP contribution in [0.5, 0.6) is 11.5 Å². The highest BCUT2D eigenvalue weighted by molar-refractivity contribution is 5.76. The van der Waals surface area contributed by atoms with Crippen LogP contribution in [0.2, 0.25) is 0 Å². The van der Waals surface area contributed by atoms with Gasteiger partial charge in [0.05, 0.1) is 14.2 Å². The van der Waals surface area contributed by atoms with Crippen molar-refractivity contribution in [3.8, 4) is 11.5 Å². The molecule has 1 aromatic heterocycles. The lowest BCUT2D eigenvalue weighted by Crippen LogP contribution is -2.26. The SMILES string of the molecule is COc1cc(C=O)ccc1OCC(O)Cn1cc[n+](C)c1. The van der Waals surface area contributed by atoms with Crippen molar-refractivity contribution in [1.29, 1.82) is 0 Å². The van der Waals surface area contributed by atoms with Crippen LogP contribution in [-0.2, 0) is 13.6 Å². The van der Waals surface area contributed by atoms with Crippen LogP contribution >= 0.6 is 0 Å². The molecule has 0 aliphatic carbocycles. The molecule has 0 saturated carbocycles. The van der Waals surface area contributed by atoms with Crippen LogP contribution in [-0.4, -0.2) is 35.8 Å². The second kappa shape index (κ2) is 6.90. The van der Waals surface area contributed by atoms with Crippen molar-refractivity contribution in [2.45, 2.75) is 12.6 Å². The van der Waals surface area contributed by atoms with Crippen LogP contribution in [0.4, 0.5) is 0 Å². The van der Waals surface area contributed by atoms with Crippen LogP contribution in [0.25, 0.3) is 0 Å². The van der Waals surface area contributed by atoms with Gasteiger partial charge in [-0.3, -0.25) is 4.79 Å². The Balaban J connectivity index is 1.94. The largest absolute Gasteiger partial charge is 0.493 e. The number of aldehydes is 1. The summed E-state index contributed by atoms with van der Waals surface area (Å²) in [4.78, 5) is 10.7. The van der Waals surface area contributed by atoms with E-state index in [2.05, 4.69) is 0 Å². The average Bonchev–Trinajstić information content (AvgIpc) is 2.90. The van der Waals surface area contributed by atoms with Gasteiger partial charge in [-0.05, 0) is 18.2 Å². The minimum Gasteiger partial charge on any atom is -0.493 e. The predicted octanol–water partition coefficient (Wildman–Crippen LogP) is 0.574. The van der Waals surface area contributed by atoms with Crippen LogP contribution in [0.3, 0.4) is 0 Å². The molecule has 1 atom stereocenters. The lowest BCUT2D eigenvalue weighted by atomic mass is 10.2. The number of aromatic nitrogens is 2. The van der Waals surface area contributed by atoms with Gasteiger partial charge in [-0.15, -0.1) is 0 Å². The molecule has 2 aromatic rings. The Labute approximate surface area is 123 Å². The molecule has 0 saturated heterocycles. The van der Waals surface area contributed by atoms with E-state index >= 15 is 0 Å². The molecule has 2 rings (SSSR count). The van der Waals surface area contributed by atoms with Crippen molar-refractivity contribution in [2.24, 2.45) is 7.05 Å².